The van der Waals surface area contributed by atoms with Gasteiger partial charge in [-0.2, -0.15) is 21.3 Å². The van der Waals surface area contributed by atoms with E-state index in [9.17, 15) is 33.3 Å². The average molecular weight is 530 g/mol. The lowest BCUT2D eigenvalue weighted by Crippen LogP contribution is -2.39. The van der Waals surface area contributed by atoms with Crippen molar-refractivity contribution in [2.45, 2.75) is 24.5 Å². The maximum Gasteiger partial charge on any atom is 0.490 e. The van der Waals surface area contributed by atoms with Gasteiger partial charge in [0, 0.05) is 12.3 Å². The molecule has 1 aromatic rings. The number of rotatable bonds is 10. The third-order valence-electron chi connectivity index (χ3n) is 3.52. The summed E-state index contributed by atoms with van der Waals surface area (Å²) in [7, 11) is -16.8. The van der Waals surface area contributed by atoms with Crippen LogP contribution in [-0.4, -0.2) is 65.1 Å². The SMILES string of the molecule is O=c1ccn([C@@H]2O[C@H](COP(=O)(O)OP(=O)(O)OP(=O)(O)O)[C@H](O)[C@H]2OCS)c(=O)[nH]1. The van der Waals surface area contributed by atoms with Gasteiger partial charge in [-0.15, -0.1) is 0 Å². The van der Waals surface area contributed by atoms with Gasteiger partial charge in [-0.3, -0.25) is 18.9 Å². The Morgan fingerprint density at radius 2 is 1.77 bits per heavy atom. The number of phosphoric ester groups is 1. The van der Waals surface area contributed by atoms with Crippen LogP contribution in [0.15, 0.2) is 21.9 Å². The molecular formula is C10H17N2O15P3S. The minimum Gasteiger partial charge on any atom is -0.387 e. The van der Waals surface area contributed by atoms with Crippen LogP contribution in [0.4, 0.5) is 0 Å². The molecule has 1 saturated heterocycles. The Morgan fingerprint density at radius 3 is 2.32 bits per heavy atom. The molecule has 178 valence electrons. The first-order chi connectivity index (χ1) is 14.1. The number of aromatic nitrogens is 2. The molecule has 0 amide bonds. The molecule has 0 spiro atoms. The second-order valence-corrected chi connectivity index (χ2v) is 10.4. The molecule has 2 rings (SSSR count). The fourth-order valence-electron chi connectivity index (χ4n) is 2.44. The maximum absolute atomic E-state index is 12.0. The summed E-state index contributed by atoms with van der Waals surface area (Å²) in [6.45, 7) is -0.980. The van der Waals surface area contributed by atoms with E-state index < -0.39 is 65.9 Å². The zero-order chi connectivity index (χ0) is 23.6. The van der Waals surface area contributed by atoms with Crippen LogP contribution >= 0.6 is 36.1 Å². The molecule has 21 heteroatoms. The molecule has 1 aliphatic rings. The first-order valence-corrected chi connectivity index (χ1v) is 13.0. The van der Waals surface area contributed by atoms with Gasteiger partial charge >= 0.3 is 29.2 Å². The highest BCUT2D eigenvalue weighted by molar-refractivity contribution is 7.80. The number of aromatic amines is 1. The summed E-state index contributed by atoms with van der Waals surface area (Å²) in [4.78, 5) is 60.7. The molecule has 0 bridgehead atoms. The van der Waals surface area contributed by atoms with Gasteiger partial charge in [-0.25, -0.2) is 18.5 Å². The highest BCUT2D eigenvalue weighted by Crippen LogP contribution is 2.66. The fraction of sp³-hybridized carbons (Fsp3) is 0.600. The Hall–Kier alpha value is -0.680. The van der Waals surface area contributed by atoms with Crippen LogP contribution in [0.2, 0.25) is 0 Å². The van der Waals surface area contributed by atoms with Crippen LogP contribution in [0, 0.1) is 0 Å². The van der Waals surface area contributed by atoms with Crippen molar-refractivity contribution in [1.82, 2.24) is 9.55 Å². The molecule has 6 N–H and O–H groups in total. The minimum atomic E-state index is -5.72. The van der Waals surface area contributed by atoms with Crippen LogP contribution in [0.3, 0.4) is 0 Å². The van der Waals surface area contributed by atoms with E-state index in [1.165, 1.54) is 0 Å². The predicted molar refractivity (Wildman–Crippen MR) is 99.8 cm³/mol. The molecular weight excluding hydrogens is 513 g/mol. The Balaban J connectivity index is 2.13. The molecule has 31 heavy (non-hydrogen) atoms. The molecule has 2 unspecified atom stereocenters. The summed E-state index contributed by atoms with van der Waals surface area (Å²) < 4.78 is 56.7. The topological polar surface area (TPSA) is 253 Å². The second-order valence-electron chi connectivity index (χ2n) is 5.72. The lowest BCUT2D eigenvalue weighted by molar-refractivity contribution is -0.0643. The molecule has 0 radical (unpaired) electrons. The summed E-state index contributed by atoms with van der Waals surface area (Å²) >= 11 is 3.83. The van der Waals surface area contributed by atoms with E-state index in [0.717, 1.165) is 16.8 Å². The van der Waals surface area contributed by atoms with E-state index in [-0.39, 0.29) is 5.94 Å². The second kappa shape index (κ2) is 10.1. The van der Waals surface area contributed by atoms with Gasteiger partial charge in [0.05, 0.1) is 12.5 Å². The lowest BCUT2D eigenvalue weighted by Gasteiger charge is -2.21. The number of H-pyrrole nitrogens is 1. The minimum absolute atomic E-state index is 0.248. The highest BCUT2D eigenvalue weighted by Gasteiger charge is 2.48. The highest BCUT2D eigenvalue weighted by atomic mass is 32.1. The van der Waals surface area contributed by atoms with E-state index in [0.29, 0.717) is 0 Å². The lowest BCUT2D eigenvalue weighted by atomic mass is 10.1. The number of nitrogens with zero attached hydrogens (tertiary/aromatic N) is 1. The quantitative estimate of drug-likeness (QED) is 0.102. The van der Waals surface area contributed by atoms with Crippen molar-refractivity contribution in [3.05, 3.63) is 33.1 Å². The largest absolute Gasteiger partial charge is 0.490 e. The average Bonchev–Trinajstić information content (AvgIpc) is 2.86. The van der Waals surface area contributed by atoms with Gasteiger partial charge in [0.25, 0.3) is 5.56 Å². The predicted octanol–water partition coefficient (Wildman–Crippen LogP) is -1.59. The van der Waals surface area contributed by atoms with E-state index >= 15 is 0 Å². The number of aliphatic hydroxyl groups excluding tert-OH is 1. The number of phosphoric acid groups is 3. The summed E-state index contributed by atoms with van der Waals surface area (Å²) in [5, 5.41) is 10.3. The van der Waals surface area contributed by atoms with Crippen LogP contribution in [0.5, 0.6) is 0 Å². The van der Waals surface area contributed by atoms with Crippen LogP contribution in [-0.2, 0) is 36.3 Å². The van der Waals surface area contributed by atoms with Gasteiger partial charge in [-0.05, 0) is 0 Å². The van der Waals surface area contributed by atoms with Gasteiger partial charge in [0.15, 0.2) is 6.23 Å². The number of nitrogens with one attached hydrogen (secondary N) is 1. The van der Waals surface area contributed by atoms with Crippen LogP contribution in [0.25, 0.3) is 0 Å². The van der Waals surface area contributed by atoms with Crippen LogP contribution < -0.4 is 11.2 Å². The number of ether oxygens (including phenoxy) is 2. The van der Waals surface area contributed by atoms with Crippen molar-refractivity contribution >= 4 is 36.1 Å². The molecule has 17 nitrogen and oxygen atoms in total. The number of thiol groups is 1. The van der Waals surface area contributed by atoms with Crippen molar-refractivity contribution in [3.63, 3.8) is 0 Å². The third kappa shape index (κ3) is 7.70. The normalized spacial score (nSPS) is 28.2. The maximum atomic E-state index is 12.0. The molecule has 1 fully saturated rings. The number of hydrogen-bond acceptors (Lipinski definition) is 12. The molecule has 0 aliphatic carbocycles. The Labute approximate surface area is 177 Å². The zero-order valence-corrected chi connectivity index (χ0v) is 18.5. The summed E-state index contributed by atoms with van der Waals surface area (Å²) in [5.41, 5.74) is -1.64. The van der Waals surface area contributed by atoms with Crippen molar-refractivity contribution in [1.29, 1.82) is 0 Å². The third-order valence-corrected chi connectivity index (χ3v) is 7.47. The fourth-order valence-corrected chi connectivity index (χ4v) is 5.65. The first-order valence-electron chi connectivity index (χ1n) is 7.80. The first kappa shape index (κ1) is 26.6. The standard InChI is InChI=1S/C10H17N2O15P3S/c13-6-1-2-12(10(15)11-6)9-8(23-4-31)7(14)5(25-9)3-24-29(19,20)27-30(21,22)26-28(16,17)18/h1-2,5,7-9,14,31H,3-4H2,(H,19,20)(H,21,22)(H,11,13,15)(H2,16,17,18)/t5-,7+,8-,9-/m1/s1. The molecule has 1 aromatic heterocycles. The summed E-state index contributed by atoms with van der Waals surface area (Å²) in [6.07, 6.45) is -4.64. The van der Waals surface area contributed by atoms with Gasteiger partial charge in [0.1, 0.15) is 18.3 Å². The van der Waals surface area contributed by atoms with E-state index in [2.05, 4.69) is 25.8 Å². The van der Waals surface area contributed by atoms with E-state index in [1.54, 1.807) is 0 Å². The van der Waals surface area contributed by atoms with Crippen molar-refractivity contribution in [2.24, 2.45) is 0 Å². The van der Waals surface area contributed by atoms with Crippen molar-refractivity contribution in [3.8, 4) is 0 Å². The van der Waals surface area contributed by atoms with Gasteiger partial charge < -0.3 is 34.2 Å². The Bertz CT molecular complexity index is 1040. The summed E-state index contributed by atoms with van der Waals surface area (Å²) in [5.74, 6) is -0.248. The molecule has 0 saturated carbocycles. The van der Waals surface area contributed by atoms with Gasteiger partial charge in [-0.1, -0.05) is 0 Å². The molecule has 1 aliphatic heterocycles. The van der Waals surface area contributed by atoms with Gasteiger partial charge in [0.2, 0.25) is 0 Å². The van der Waals surface area contributed by atoms with Crippen molar-refractivity contribution < 1.29 is 61.0 Å². The number of hydrogen-bond donors (Lipinski definition) is 7. The summed E-state index contributed by atoms with van der Waals surface area (Å²) in [6, 6.07) is 0.980. The molecule has 2 heterocycles. The zero-order valence-electron chi connectivity index (χ0n) is 14.9. The molecule has 0 aromatic carbocycles. The monoisotopic (exact) mass is 530 g/mol. The number of aliphatic hydroxyl groups is 1. The van der Waals surface area contributed by atoms with E-state index in [1.807, 2.05) is 4.98 Å². The smallest absolute Gasteiger partial charge is 0.387 e. The van der Waals surface area contributed by atoms with Crippen molar-refractivity contribution in [2.75, 3.05) is 12.5 Å². The Morgan fingerprint density at radius 1 is 1.13 bits per heavy atom. The van der Waals surface area contributed by atoms with Crippen LogP contribution in [0.1, 0.15) is 6.23 Å². The van der Waals surface area contributed by atoms with E-state index in [4.69, 9.17) is 24.2 Å². The Kier molecular flexibility index (Phi) is 8.63. The molecule has 6 atom stereocenters.